The Morgan fingerprint density at radius 3 is 2.32 bits per heavy atom. The first-order valence-corrected chi connectivity index (χ1v) is 6.44. The van der Waals surface area contributed by atoms with Gasteiger partial charge in [-0.3, -0.25) is 4.79 Å². The third-order valence-corrected chi connectivity index (χ3v) is 3.20. The van der Waals surface area contributed by atoms with Gasteiger partial charge in [0.1, 0.15) is 0 Å². The van der Waals surface area contributed by atoms with Crippen molar-refractivity contribution in [2.75, 3.05) is 5.32 Å². The van der Waals surface area contributed by atoms with Crippen molar-refractivity contribution >= 4 is 17.4 Å². The van der Waals surface area contributed by atoms with Crippen LogP contribution >= 0.6 is 0 Å². The fraction of sp³-hybridized carbons (Fsp3) is 0.429. The van der Waals surface area contributed by atoms with Crippen LogP contribution in [0.15, 0.2) is 23.4 Å². The predicted octanol–water partition coefficient (Wildman–Crippen LogP) is 2.13. The van der Waals surface area contributed by atoms with E-state index in [1.54, 1.807) is 6.92 Å². The molecule has 5 nitrogen and oxygen atoms in total. The molecule has 1 unspecified atom stereocenters. The van der Waals surface area contributed by atoms with Gasteiger partial charge < -0.3 is 16.3 Å². The molecule has 0 aliphatic rings. The van der Waals surface area contributed by atoms with Gasteiger partial charge >= 0.3 is 0 Å². The van der Waals surface area contributed by atoms with E-state index < -0.39 is 5.92 Å². The van der Waals surface area contributed by atoms with Gasteiger partial charge in [0.2, 0.25) is 5.91 Å². The van der Waals surface area contributed by atoms with Crippen molar-refractivity contribution in [3.63, 3.8) is 0 Å². The van der Waals surface area contributed by atoms with E-state index in [1.165, 1.54) is 0 Å². The molecular weight excluding hydrogens is 242 g/mol. The summed E-state index contributed by atoms with van der Waals surface area (Å²) in [5.74, 6) is -1.03. The van der Waals surface area contributed by atoms with E-state index in [2.05, 4.69) is 10.5 Å². The van der Waals surface area contributed by atoms with E-state index in [9.17, 15) is 4.79 Å². The summed E-state index contributed by atoms with van der Waals surface area (Å²) < 4.78 is 0. The molecule has 0 heterocycles. The molecule has 0 aliphatic heterocycles. The van der Waals surface area contributed by atoms with Crippen molar-refractivity contribution in [3.05, 3.63) is 29.3 Å². The van der Waals surface area contributed by atoms with E-state index in [1.807, 2.05) is 32.0 Å². The summed E-state index contributed by atoms with van der Waals surface area (Å²) in [5.41, 5.74) is 8.46. The summed E-state index contributed by atoms with van der Waals surface area (Å²) in [5, 5.41) is 14.4. The van der Waals surface area contributed by atoms with Crippen LogP contribution in [0.2, 0.25) is 0 Å². The number of amidine groups is 1. The number of para-hydroxylation sites is 1. The van der Waals surface area contributed by atoms with Crippen LogP contribution in [0.3, 0.4) is 0 Å². The van der Waals surface area contributed by atoms with Crippen molar-refractivity contribution in [2.24, 2.45) is 16.8 Å². The van der Waals surface area contributed by atoms with Gasteiger partial charge in [-0.05, 0) is 30.9 Å². The molecule has 0 fully saturated rings. The van der Waals surface area contributed by atoms with Crippen LogP contribution in [0, 0.1) is 5.92 Å². The van der Waals surface area contributed by atoms with Crippen LogP contribution in [0.5, 0.6) is 0 Å². The van der Waals surface area contributed by atoms with E-state index in [-0.39, 0.29) is 11.7 Å². The van der Waals surface area contributed by atoms with E-state index >= 15 is 0 Å². The van der Waals surface area contributed by atoms with E-state index in [0.29, 0.717) is 0 Å². The van der Waals surface area contributed by atoms with Gasteiger partial charge in [0.15, 0.2) is 5.84 Å². The van der Waals surface area contributed by atoms with E-state index in [0.717, 1.165) is 29.7 Å². The molecule has 1 amide bonds. The Hall–Kier alpha value is -2.04. The average Bonchev–Trinajstić information content (AvgIpc) is 2.45. The SMILES string of the molecule is CCc1cccc(CC)c1NC(=O)C(C)C(N)=NO. The quantitative estimate of drug-likeness (QED) is 0.329. The van der Waals surface area contributed by atoms with Gasteiger partial charge in [-0.1, -0.05) is 37.2 Å². The summed E-state index contributed by atoms with van der Waals surface area (Å²) in [4.78, 5) is 12.1. The van der Waals surface area contributed by atoms with Crippen molar-refractivity contribution in [2.45, 2.75) is 33.6 Å². The molecule has 0 spiro atoms. The first kappa shape index (κ1) is 15.0. The van der Waals surface area contributed by atoms with E-state index in [4.69, 9.17) is 10.9 Å². The molecule has 0 aliphatic carbocycles. The molecule has 1 rings (SSSR count). The van der Waals surface area contributed by atoms with Gasteiger partial charge in [-0.2, -0.15) is 0 Å². The zero-order chi connectivity index (χ0) is 14.4. The lowest BCUT2D eigenvalue weighted by Crippen LogP contribution is -2.33. The van der Waals surface area contributed by atoms with Crippen molar-refractivity contribution < 1.29 is 10.0 Å². The number of carbonyl (C=O) groups is 1. The predicted molar refractivity (Wildman–Crippen MR) is 76.4 cm³/mol. The topological polar surface area (TPSA) is 87.7 Å². The molecule has 4 N–H and O–H groups in total. The first-order valence-electron chi connectivity index (χ1n) is 6.44. The number of hydrogen-bond acceptors (Lipinski definition) is 3. The molecule has 0 radical (unpaired) electrons. The van der Waals surface area contributed by atoms with Gasteiger partial charge in [0.25, 0.3) is 0 Å². The number of amides is 1. The van der Waals surface area contributed by atoms with Crippen molar-refractivity contribution in [1.29, 1.82) is 0 Å². The Balaban J connectivity index is 3.02. The van der Waals surface area contributed by atoms with Crippen LogP contribution in [0.4, 0.5) is 5.69 Å². The molecule has 0 bridgehead atoms. The molecule has 0 saturated carbocycles. The number of benzene rings is 1. The average molecular weight is 263 g/mol. The van der Waals surface area contributed by atoms with Gasteiger partial charge in [0.05, 0.1) is 5.92 Å². The number of nitrogens with zero attached hydrogens (tertiary/aromatic N) is 1. The minimum Gasteiger partial charge on any atom is -0.409 e. The molecule has 104 valence electrons. The molecular formula is C14H21N3O2. The summed E-state index contributed by atoms with van der Waals surface area (Å²) >= 11 is 0. The number of oxime groups is 1. The Morgan fingerprint density at radius 1 is 1.37 bits per heavy atom. The zero-order valence-corrected chi connectivity index (χ0v) is 11.6. The highest BCUT2D eigenvalue weighted by molar-refractivity contribution is 6.07. The number of nitrogens with one attached hydrogen (secondary N) is 1. The Bertz CT molecular complexity index is 461. The lowest BCUT2D eigenvalue weighted by molar-refractivity contribution is -0.117. The zero-order valence-electron chi connectivity index (χ0n) is 11.6. The molecule has 1 atom stereocenters. The largest absolute Gasteiger partial charge is 0.409 e. The first-order chi connectivity index (χ1) is 9.04. The maximum absolute atomic E-state index is 12.1. The summed E-state index contributed by atoms with van der Waals surface area (Å²) in [6.07, 6.45) is 1.67. The Morgan fingerprint density at radius 2 is 1.89 bits per heavy atom. The normalized spacial score (nSPS) is 13.1. The number of hydrogen-bond donors (Lipinski definition) is 3. The lowest BCUT2D eigenvalue weighted by Gasteiger charge is -2.16. The highest BCUT2D eigenvalue weighted by atomic mass is 16.4. The minimum atomic E-state index is -0.667. The molecule has 5 heteroatoms. The van der Waals surface area contributed by atoms with Crippen LogP contribution < -0.4 is 11.1 Å². The maximum Gasteiger partial charge on any atom is 0.234 e. The number of carbonyl (C=O) groups excluding carboxylic acids is 1. The standard InChI is InChI=1S/C14H21N3O2/c1-4-10-7-6-8-11(5-2)12(10)16-14(18)9(3)13(15)17-19/h6-9,19H,4-5H2,1-3H3,(H2,15,17)(H,16,18). The molecule has 0 saturated heterocycles. The molecule has 1 aromatic carbocycles. The molecule has 19 heavy (non-hydrogen) atoms. The number of anilines is 1. The smallest absolute Gasteiger partial charge is 0.234 e. The second-order valence-electron chi connectivity index (χ2n) is 4.39. The van der Waals surface area contributed by atoms with Crippen LogP contribution in [0.1, 0.15) is 31.9 Å². The maximum atomic E-state index is 12.1. The highest BCUT2D eigenvalue weighted by Gasteiger charge is 2.19. The third kappa shape index (κ3) is 3.47. The second kappa shape index (κ2) is 6.78. The van der Waals surface area contributed by atoms with Crippen molar-refractivity contribution in [3.8, 4) is 0 Å². The number of aryl methyl sites for hydroxylation is 2. The van der Waals surface area contributed by atoms with Crippen molar-refractivity contribution in [1.82, 2.24) is 0 Å². The monoisotopic (exact) mass is 263 g/mol. The number of rotatable bonds is 5. The summed E-state index contributed by atoms with van der Waals surface area (Å²) in [6, 6.07) is 5.96. The van der Waals surface area contributed by atoms with Crippen LogP contribution in [-0.2, 0) is 17.6 Å². The Labute approximate surface area is 113 Å². The number of nitrogens with two attached hydrogens (primary N) is 1. The minimum absolute atomic E-state index is 0.0930. The van der Waals surface area contributed by atoms with Crippen LogP contribution in [0.25, 0.3) is 0 Å². The third-order valence-electron chi connectivity index (χ3n) is 3.20. The van der Waals surface area contributed by atoms with Gasteiger partial charge in [-0.15, -0.1) is 0 Å². The fourth-order valence-electron chi connectivity index (χ4n) is 1.86. The van der Waals surface area contributed by atoms with Gasteiger partial charge in [0, 0.05) is 5.69 Å². The highest BCUT2D eigenvalue weighted by Crippen LogP contribution is 2.23. The Kier molecular flexibility index (Phi) is 5.36. The summed E-state index contributed by atoms with van der Waals surface area (Å²) in [6.45, 7) is 5.68. The lowest BCUT2D eigenvalue weighted by atomic mass is 10.0. The molecule has 0 aromatic heterocycles. The fourth-order valence-corrected chi connectivity index (χ4v) is 1.86. The van der Waals surface area contributed by atoms with Crippen LogP contribution in [-0.4, -0.2) is 17.0 Å². The summed E-state index contributed by atoms with van der Waals surface area (Å²) in [7, 11) is 0. The van der Waals surface area contributed by atoms with Gasteiger partial charge in [-0.25, -0.2) is 0 Å². The molecule has 1 aromatic rings. The second-order valence-corrected chi connectivity index (χ2v) is 4.39.